The van der Waals surface area contributed by atoms with Crippen molar-refractivity contribution in [3.63, 3.8) is 0 Å². The third-order valence-electron chi connectivity index (χ3n) is 4.45. The van der Waals surface area contributed by atoms with Crippen LogP contribution in [0.15, 0.2) is 24.3 Å². The van der Waals surface area contributed by atoms with E-state index in [1.165, 1.54) is 43.5 Å². The second-order valence-corrected chi connectivity index (χ2v) is 5.95. The quantitative estimate of drug-likeness (QED) is 0.876. The van der Waals surface area contributed by atoms with Crippen molar-refractivity contribution < 1.29 is 0 Å². The molecule has 2 atom stereocenters. The van der Waals surface area contributed by atoms with Gasteiger partial charge < -0.3 is 5.32 Å². The molecule has 1 N–H and O–H groups in total. The number of rotatable bonds is 4. The fourth-order valence-electron chi connectivity index (χ4n) is 3.11. The Hall–Kier alpha value is -0.860. The highest BCUT2D eigenvalue weighted by molar-refractivity contribution is 5.28. The molecule has 18 heavy (non-hydrogen) atoms. The summed E-state index contributed by atoms with van der Waals surface area (Å²) in [7, 11) is 0. The highest BCUT2D eigenvalue weighted by atomic mass is 15.2. The van der Waals surface area contributed by atoms with E-state index in [1.54, 1.807) is 0 Å². The van der Waals surface area contributed by atoms with Crippen molar-refractivity contribution in [2.24, 2.45) is 0 Å². The lowest BCUT2D eigenvalue weighted by atomic mass is 10.0. The lowest BCUT2D eigenvalue weighted by molar-refractivity contribution is 0.255. The number of likely N-dealkylation sites (tertiary alicyclic amines) is 1. The summed E-state index contributed by atoms with van der Waals surface area (Å²) in [6.45, 7) is 7.02. The van der Waals surface area contributed by atoms with Gasteiger partial charge in [0.2, 0.25) is 0 Å². The van der Waals surface area contributed by atoms with Crippen LogP contribution in [0.5, 0.6) is 0 Å². The van der Waals surface area contributed by atoms with E-state index in [0.717, 1.165) is 12.1 Å². The molecule has 0 bridgehead atoms. The van der Waals surface area contributed by atoms with Crippen molar-refractivity contribution in [1.82, 2.24) is 10.2 Å². The molecule has 0 amide bonds. The van der Waals surface area contributed by atoms with Gasteiger partial charge in [-0.05, 0) is 44.2 Å². The molecule has 1 aromatic carbocycles. The van der Waals surface area contributed by atoms with Gasteiger partial charge in [-0.3, -0.25) is 4.90 Å². The molecule has 2 nitrogen and oxygen atoms in total. The average molecular weight is 244 g/mol. The predicted octanol–water partition coefficient (Wildman–Crippen LogP) is 2.88. The van der Waals surface area contributed by atoms with Crippen LogP contribution in [0.25, 0.3) is 0 Å². The number of hydrogen-bond donors (Lipinski definition) is 1. The standard InChI is InChI=1S/C16H24N2/c1-12-5-3-4-6-16(12)13(2)18-10-9-15(11-18)17-14-7-8-14/h3-6,13-15,17H,7-11H2,1-2H3. The molecular formula is C16H24N2. The van der Waals surface area contributed by atoms with Gasteiger partial charge in [-0.2, -0.15) is 0 Å². The summed E-state index contributed by atoms with van der Waals surface area (Å²) in [6, 6.07) is 10.9. The molecule has 0 spiro atoms. The van der Waals surface area contributed by atoms with Gasteiger partial charge in [-0.1, -0.05) is 24.3 Å². The molecule has 0 radical (unpaired) electrons. The van der Waals surface area contributed by atoms with Crippen molar-refractivity contribution in [1.29, 1.82) is 0 Å². The summed E-state index contributed by atoms with van der Waals surface area (Å²) >= 11 is 0. The number of hydrogen-bond acceptors (Lipinski definition) is 2. The molecule has 1 heterocycles. The minimum absolute atomic E-state index is 0.553. The zero-order chi connectivity index (χ0) is 12.5. The molecule has 1 saturated carbocycles. The van der Waals surface area contributed by atoms with E-state index < -0.39 is 0 Å². The summed E-state index contributed by atoms with van der Waals surface area (Å²) in [5, 5.41) is 3.76. The minimum Gasteiger partial charge on any atom is -0.310 e. The maximum Gasteiger partial charge on any atom is 0.0323 e. The van der Waals surface area contributed by atoms with Crippen LogP contribution >= 0.6 is 0 Å². The zero-order valence-electron chi connectivity index (χ0n) is 11.5. The Morgan fingerprint density at radius 1 is 1.17 bits per heavy atom. The van der Waals surface area contributed by atoms with E-state index >= 15 is 0 Å². The molecule has 1 saturated heterocycles. The van der Waals surface area contributed by atoms with Gasteiger partial charge in [-0.25, -0.2) is 0 Å². The van der Waals surface area contributed by atoms with Crippen LogP contribution in [0.1, 0.15) is 43.4 Å². The van der Waals surface area contributed by atoms with Crippen molar-refractivity contribution >= 4 is 0 Å². The highest BCUT2D eigenvalue weighted by Gasteiger charge is 2.31. The van der Waals surface area contributed by atoms with E-state index in [1.807, 2.05) is 0 Å². The fourth-order valence-corrected chi connectivity index (χ4v) is 3.11. The molecule has 1 aliphatic heterocycles. The molecule has 1 aromatic rings. The Morgan fingerprint density at radius 3 is 2.67 bits per heavy atom. The summed E-state index contributed by atoms with van der Waals surface area (Å²) in [5.41, 5.74) is 2.91. The van der Waals surface area contributed by atoms with Crippen molar-refractivity contribution in [3.05, 3.63) is 35.4 Å². The molecule has 2 aliphatic rings. The van der Waals surface area contributed by atoms with Crippen LogP contribution in [-0.4, -0.2) is 30.1 Å². The normalized spacial score (nSPS) is 26.4. The first-order valence-corrected chi connectivity index (χ1v) is 7.29. The monoisotopic (exact) mass is 244 g/mol. The topological polar surface area (TPSA) is 15.3 Å². The Balaban J connectivity index is 1.63. The summed E-state index contributed by atoms with van der Waals surface area (Å²) < 4.78 is 0. The highest BCUT2D eigenvalue weighted by Crippen LogP contribution is 2.28. The first-order chi connectivity index (χ1) is 8.74. The van der Waals surface area contributed by atoms with Crippen molar-refractivity contribution in [3.8, 4) is 0 Å². The molecule has 2 heteroatoms. The molecule has 1 aliphatic carbocycles. The van der Waals surface area contributed by atoms with Gasteiger partial charge in [-0.15, -0.1) is 0 Å². The molecule has 98 valence electrons. The molecule has 2 unspecified atom stereocenters. The van der Waals surface area contributed by atoms with E-state index in [9.17, 15) is 0 Å². The molecular weight excluding hydrogens is 220 g/mol. The van der Waals surface area contributed by atoms with Gasteiger partial charge in [0.05, 0.1) is 0 Å². The maximum atomic E-state index is 3.76. The smallest absolute Gasteiger partial charge is 0.0323 e. The van der Waals surface area contributed by atoms with E-state index in [0.29, 0.717) is 6.04 Å². The van der Waals surface area contributed by atoms with Gasteiger partial charge >= 0.3 is 0 Å². The number of nitrogens with zero attached hydrogens (tertiary/aromatic N) is 1. The third-order valence-corrected chi connectivity index (χ3v) is 4.45. The average Bonchev–Trinajstić information content (AvgIpc) is 3.05. The lowest BCUT2D eigenvalue weighted by Crippen LogP contribution is -2.34. The van der Waals surface area contributed by atoms with Crippen LogP contribution < -0.4 is 5.32 Å². The predicted molar refractivity (Wildman–Crippen MR) is 75.7 cm³/mol. The molecule has 3 rings (SSSR count). The minimum atomic E-state index is 0.553. The van der Waals surface area contributed by atoms with Crippen LogP contribution in [-0.2, 0) is 0 Å². The molecule has 2 fully saturated rings. The van der Waals surface area contributed by atoms with Crippen LogP contribution in [0.3, 0.4) is 0 Å². The number of benzene rings is 1. The second kappa shape index (κ2) is 5.02. The van der Waals surface area contributed by atoms with Gasteiger partial charge in [0.25, 0.3) is 0 Å². The van der Waals surface area contributed by atoms with Crippen LogP contribution in [0.2, 0.25) is 0 Å². The van der Waals surface area contributed by atoms with Crippen LogP contribution in [0, 0.1) is 6.92 Å². The maximum absolute atomic E-state index is 3.76. The van der Waals surface area contributed by atoms with E-state index in [-0.39, 0.29) is 0 Å². The third kappa shape index (κ3) is 2.60. The SMILES string of the molecule is Cc1ccccc1C(C)N1CCC(NC2CC2)C1. The fraction of sp³-hybridized carbons (Fsp3) is 0.625. The summed E-state index contributed by atoms with van der Waals surface area (Å²) in [6.07, 6.45) is 4.10. The summed E-state index contributed by atoms with van der Waals surface area (Å²) in [4.78, 5) is 2.63. The Kier molecular flexibility index (Phi) is 3.40. The van der Waals surface area contributed by atoms with Gasteiger partial charge in [0, 0.05) is 31.2 Å². The number of nitrogens with one attached hydrogen (secondary N) is 1. The number of aryl methyl sites for hydroxylation is 1. The zero-order valence-corrected chi connectivity index (χ0v) is 11.5. The summed E-state index contributed by atoms with van der Waals surface area (Å²) in [5.74, 6) is 0. The van der Waals surface area contributed by atoms with Gasteiger partial charge in [0.15, 0.2) is 0 Å². The molecule has 0 aromatic heterocycles. The first kappa shape index (κ1) is 12.2. The first-order valence-electron chi connectivity index (χ1n) is 7.29. The lowest BCUT2D eigenvalue weighted by Gasteiger charge is -2.26. The van der Waals surface area contributed by atoms with E-state index in [2.05, 4.69) is 48.3 Å². The van der Waals surface area contributed by atoms with Crippen molar-refractivity contribution in [2.45, 2.75) is 51.2 Å². The van der Waals surface area contributed by atoms with Crippen molar-refractivity contribution in [2.75, 3.05) is 13.1 Å². The van der Waals surface area contributed by atoms with Crippen LogP contribution in [0.4, 0.5) is 0 Å². The Morgan fingerprint density at radius 2 is 1.94 bits per heavy atom. The largest absolute Gasteiger partial charge is 0.310 e. The Bertz CT molecular complexity index is 411. The van der Waals surface area contributed by atoms with E-state index in [4.69, 9.17) is 0 Å². The van der Waals surface area contributed by atoms with Gasteiger partial charge in [0.1, 0.15) is 0 Å². The Labute approximate surface area is 110 Å². The second-order valence-electron chi connectivity index (χ2n) is 5.95.